The molecule has 0 saturated carbocycles. The predicted octanol–water partition coefficient (Wildman–Crippen LogP) is 6.40. The van der Waals surface area contributed by atoms with Crippen molar-refractivity contribution in [2.24, 2.45) is 0 Å². The number of benzene rings is 1. The van der Waals surface area contributed by atoms with E-state index in [9.17, 15) is 18.0 Å². The Hall–Kier alpha value is -2.98. The molecule has 0 aliphatic rings. The maximum Gasteiger partial charge on any atom is 0.433 e. The fraction of sp³-hybridized carbons (Fsp3) is 0.190. The smallest absolute Gasteiger partial charge is 0.433 e. The number of alkyl halides is 3. The van der Waals surface area contributed by atoms with Crippen LogP contribution >= 0.6 is 22.7 Å². The zero-order valence-corrected chi connectivity index (χ0v) is 18.0. The highest BCUT2D eigenvalue weighted by atomic mass is 32.1. The van der Waals surface area contributed by atoms with Gasteiger partial charge in [-0.3, -0.25) is 10.1 Å². The molecule has 4 aromatic rings. The van der Waals surface area contributed by atoms with Crippen LogP contribution in [0.5, 0.6) is 5.75 Å². The molecule has 0 aliphatic heterocycles. The van der Waals surface area contributed by atoms with E-state index in [-0.39, 0.29) is 4.83 Å². The Bertz CT molecular complexity index is 1260. The first-order valence-electron chi connectivity index (χ1n) is 9.24. The van der Waals surface area contributed by atoms with Crippen LogP contribution in [-0.2, 0) is 6.18 Å². The molecule has 5 nitrogen and oxygen atoms in total. The summed E-state index contributed by atoms with van der Waals surface area (Å²) in [6, 6.07) is 9.74. The summed E-state index contributed by atoms with van der Waals surface area (Å²) in [4.78, 5) is 21.4. The van der Waals surface area contributed by atoms with E-state index in [0.717, 1.165) is 23.0 Å². The van der Waals surface area contributed by atoms with Crippen molar-refractivity contribution in [1.82, 2.24) is 9.97 Å². The normalized spacial score (nSPS) is 11.6. The maximum atomic E-state index is 12.9. The highest BCUT2D eigenvalue weighted by molar-refractivity contribution is 7.21. The SMILES string of the molecule is CCOc1ccccc1-c1csc(NC(=O)c2sc3nc(C(F)(F)F)ccc3c2C)n1. The van der Waals surface area contributed by atoms with Crippen LogP contribution in [-0.4, -0.2) is 22.5 Å². The van der Waals surface area contributed by atoms with Crippen molar-refractivity contribution in [3.63, 3.8) is 0 Å². The summed E-state index contributed by atoms with van der Waals surface area (Å²) >= 11 is 2.18. The van der Waals surface area contributed by atoms with Gasteiger partial charge in [0.25, 0.3) is 5.91 Å². The molecular weight excluding hydrogens is 447 g/mol. The van der Waals surface area contributed by atoms with Gasteiger partial charge in [-0.05, 0) is 43.7 Å². The van der Waals surface area contributed by atoms with Gasteiger partial charge >= 0.3 is 6.18 Å². The lowest BCUT2D eigenvalue weighted by Crippen LogP contribution is -2.11. The second-order valence-electron chi connectivity index (χ2n) is 6.52. The third-order valence-corrected chi connectivity index (χ3v) is 6.45. The molecular formula is C21H16F3N3O2S2. The molecule has 4 rings (SSSR count). The molecule has 0 fully saturated rings. The van der Waals surface area contributed by atoms with Crippen LogP contribution in [0.4, 0.5) is 18.3 Å². The first-order valence-corrected chi connectivity index (χ1v) is 10.9. The molecule has 1 N–H and O–H groups in total. The van der Waals surface area contributed by atoms with Gasteiger partial charge in [-0.2, -0.15) is 13.2 Å². The molecule has 0 bridgehead atoms. The Morgan fingerprint density at radius 3 is 2.68 bits per heavy atom. The summed E-state index contributed by atoms with van der Waals surface area (Å²) in [5.41, 5.74) is 1.07. The van der Waals surface area contributed by atoms with E-state index in [1.54, 1.807) is 6.92 Å². The maximum absolute atomic E-state index is 12.9. The number of carbonyl (C=O) groups is 1. The number of hydrogen-bond donors (Lipinski definition) is 1. The Morgan fingerprint density at radius 2 is 1.94 bits per heavy atom. The highest BCUT2D eigenvalue weighted by Gasteiger charge is 2.33. The zero-order valence-electron chi connectivity index (χ0n) is 16.4. The highest BCUT2D eigenvalue weighted by Crippen LogP contribution is 2.35. The van der Waals surface area contributed by atoms with Gasteiger partial charge in [0, 0.05) is 16.3 Å². The topological polar surface area (TPSA) is 64.1 Å². The minimum Gasteiger partial charge on any atom is -0.493 e. The fourth-order valence-corrected chi connectivity index (χ4v) is 4.82. The molecule has 10 heteroatoms. The molecule has 31 heavy (non-hydrogen) atoms. The Kier molecular flexibility index (Phi) is 5.67. The molecule has 3 heterocycles. The van der Waals surface area contributed by atoms with E-state index in [2.05, 4.69) is 15.3 Å². The molecule has 0 unspecified atom stereocenters. The summed E-state index contributed by atoms with van der Waals surface area (Å²) in [7, 11) is 0. The Morgan fingerprint density at radius 1 is 1.16 bits per heavy atom. The van der Waals surface area contributed by atoms with Gasteiger partial charge in [0.2, 0.25) is 0 Å². The molecule has 0 radical (unpaired) electrons. The number of fused-ring (bicyclic) bond motifs is 1. The van der Waals surface area contributed by atoms with Crippen molar-refractivity contribution in [3.8, 4) is 17.0 Å². The number of aryl methyl sites for hydroxylation is 1. The molecule has 0 spiro atoms. The summed E-state index contributed by atoms with van der Waals surface area (Å²) in [5.74, 6) is 0.258. The van der Waals surface area contributed by atoms with Gasteiger partial charge < -0.3 is 4.74 Å². The van der Waals surface area contributed by atoms with E-state index in [1.165, 1.54) is 17.4 Å². The third-order valence-electron chi connectivity index (χ3n) is 4.49. The number of nitrogens with one attached hydrogen (secondary N) is 1. The lowest BCUT2D eigenvalue weighted by Gasteiger charge is -2.07. The van der Waals surface area contributed by atoms with Gasteiger partial charge in [0.15, 0.2) is 5.13 Å². The molecule has 160 valence electrons. The van der Waals surface area contributed by atoms with Crippen LogP contribution in [0.15, 0.2) is 41.8 Å². The minimum absolute atomic E-state index is 0.169. The van der Waals surface area contributed by atoms with E-state index in [4.69, 9.17) is 4.74 Å². The lowest BCUT2D eigenvalue weighted by atomic mass is 10.1. The van der Waals surface area contributed by atoms with E-state index >= 15 is 0 Å². The summed E-state index contributed by atoms with van der Waals surface area (Å²) < 4.78 is 44.4. The summed E-state index contributed by atoms with van der Waals surface area (Å²) in [6.07, 6.45) is -4.54. The zero-order chi connectivity index (χ0) is 22.2. The Balaban J connectivity index is 1.60. The largest absolute Gasteiger partial charge is 0.493 e. The summed E-state index contributed by atoms with van der Waals surface area (Å²) in [6.45, 7) is 4.09. The van der Waals surface area contributed by atoms with Crippen LogP contribution in [0.25, 0.3) is 21.5 Å². The number of thiazole rings is 1. The lowest BCUT2D eigenvalue weighted by molar-refractivity contribution is -0.140. The predicted molar refractivity (Wildman–Crippen MR) is 116 cm³/mol. The van der Waals surface area contributed by atoms with E-state index < -0.39 is 17.8 Å². The molecule has 1 amide bonds. The average Bonchev–Trinajstić information content (AvgIpc) is 3.32. The molecule has 1 aromatic carbocycles. The fourth-order valence-electron chi connectivity index (χ4n) is 3.04. The number of para-hydroxylation sites is 1. The molecule has 0 aliphatic carbocycles. The van der Waals surface area contributed by atoms with Crippen LogP contribution in [0.2, 0.25) is 0 Å². The number of ether oxygens (including phenoxy) is 1. The first kappa shape index (κ1) is 21.3. The van der Waals surface area contributed by atoms with Gasteiger partial charge in [-0.15, -0.1) is 22.7 Å². The Labute approximate surface area is 183 Å². The second-order valence-corrected chi connectivity index (χ2v) is 8.38. The van der Waals surface area contributed by atoms with E-state index in [1.807, 2.05) is 36.6 Å². The average molecular weight is 464 g/mol. The quantitative estimate of drug-likeness (QED) is 0.372. The number of halogens is 3. The van der Waals surface area contributed by atoms with Crippen LogP contribution in [0.1, 0.15) is 27.9 Å². The first-order chi connectivity index (χ1) is 14.8. The standard InChI is InChI=1S/C21H16F3N3O2S2/c1-3-29-15-7-5-4-6-13(15)14-10-30-20(25-14)27-18(28)17-11(2)12-8-9-16(21(22,23)24)26-19(12)31-17/h4-10H,3H2,1-2H3,(H,25,27,28). The van der Waals surface area contributed by atoms with Crippen molar-refractivity contribution in [2.45, 2.75) is 20.0 Å². The third kappa shape index (κ3) is 4.26. The van der Waals surface area contributed by atoms with Crippen molar-refractivity contribution in [3.05, 3.63) is 57.9 Å². The number of thiophene rings is 1. The number of pyridine rings is 1. The van der Waals surface area contributed by atoms with Crippen molar-refractivity contribution in [2.75, 3.05) is 11.9 Å². The van der Waals surface area contributed by atoms with E-state index in [0.29, 0.717) is 39.0 Å². The van der Waals surface area contributed by atoms with Crippen molar-refractivity contribution in [1.29, 1.82) is 0 Å². The summed E-state index contributed by atoms with van der Waals surface area (Å²) in [5, 5.41) is 5.45. The second kappa shape index (κ2) is 8.27. The number of carbonyl (C=O) groups excluding carboxylic acids is 1. The van der Waals surface area contributed by atoms with Crippen molar-refractivity contribution >= 4 is 43.9 Å². The van der Waals surface area contributed by atoms with Gasteiger partial charge in [0.05, 0.1) is 17.2 Å². The van der Waals surface area contributed by atoms with Gasteiger partial charge in [-0.25, -0.2) is 9.97 Å². The van der Waals surface area contributed by atoms with Crippen LogP contribution in [0, 0.1) is 6.92 Å². The van der Waals surface area contributed by atoms with Crippen LogP contribution in [0.3, 0.4) is 0 Å². The number of amides is 1. The van der Waals surface area contributed by atoms with Crippen LogP contribution < -0.4 is 10.1 Å². The van der Waals surface area contributed by atoms with Crippen molar-refractivity contribution < 1.29 is 22.7 Å². The minimum atomic E-state index is -4.54. The number of aromatic nitrogens is 2. The van der Waals surface area contributed by atoms with Gasteiger partial charge in [0.1, 0.15) is 16.3 Å². The molecule has 0 atom stereocenters. The number of nitrogens with zero attached hydrogens (tertiary/aromatic N) is 2. The number of hydrogen-bond acceptors (Lipinski definition) is 6. The van der Waals surface area contributed by atoms with Gasteiger partial charge in [-0.1, -0.05) is 12.1 Å². The molecule has 3 aromatic heterocycles. The molecule has 0 saturated heterocycles. The number of rotatable bonds is 5. The number of anilines is 1. The monoisotopic (exact) mass is 463 g/mol.